The van der Waals surface area contributed by atoms with Gasteiger partial charge in [0.25, 0.3) is 5.91 Å². The van der Waals surface area contributed by atoms with Crippen LogP contribution in [0.5, 0.6) is 5.75 Å². The summed E-state index contributed by atoms with van der Waals surface area (Å²) >= 11 is 0. The summed E-state index contributed by atoms with van der Waals surface area (Å²) in [6.07, 6.45) is 6.78. The van der Waals surface area contributed by atoms with Gasteiger partial charge in [-0.1, -0.05) is 42.5 Å². The minimum Gasteiger partial charge on any atom is -0.497 e. The Balaban J connectivity index is 1.39. The zero-order valence-electron chi connectivity index (χ0n) is 18.1. The first-order valence-electron chi connectivity index (χ1n) is 11.1. The van der Waals surface area contributed by atoms with Gasteiger partial charge in [-0.15, -0.1) is 0 Å². The highest BCUT2D eigenvalue weighted by molar-refractivity contribution is 5.94. The van der Waals surface area contributed by atoms with Crippen molar-refractivity contribution in [3.63, 3.8) is 0 Å². The van der Waals surface area contributed by atoms with Crippen LogP contribution in [0.1, 0.15) is 35.2 Å². The van der Waals surface area contributed by atoms with Crippen LogP contribution in [-0.2, 0) is 11.3 Å². The molecule has 2 aromatic carbocycles. The molecule has 5 nitrogen and oxygen atoms in total. The van der Waals surface area contributed by atoms with Crippen LogP contribution in [-0.4, -0.2) is 48.4 Å². The van der Waals surface area contributed by atoms with Crippen LogP contribution < -0.4 is 4.74 Å². The van der Waals surface area contributed by atoms with E-state index in [1.807, 2.05) is 64.4 Å². The number of hydrogen-bond acceptors (Lipinski definition) is 3. The normalized spacial score (nSPS) is 19.9. The largest absolute Gasteiger partial charge is 0.497 e. The number of carbonyl (C=O) groups excluding carboxylic acids is 2. The lowest BCUT2D eigenvalue weighted by molar-refractivity contribution is -0.137. The topological polar surface area (TPSA) is 49.9 Å². The number of allylic oxidation sites excluding steroid dienone is 1. The van der Waals surface area contributed by atoms with E-state index in [-0.39, 0.29) is 17.7 Å². The quantitative estimate of drug-likeness (QED) is 0.686. The summed E-state index contributed by atoms with van der Waals surface area (Å²) in [5.41, 5.74) is 1.81. The third kappa shape index (κ3) is 4.98. The number of likely N-dealkylation sites (tertiary alicyclic amines) is 1. The summed E-state index contributed by atoms with van der Waals surface area (Å²) in [6.45, 7) is 2.64. The van der Waals surface area contributed by atoms with Gasteiger partial charge in [-0.05, 0) is 55.0 Å². The van der Waals surface area contributed by atoms with Gasteiger partial charge in [0, 0.05) is 37.7 Å². The summed E-state index contributed by atoms with van der Waals surface area (Å²) in [5, 5.41) is 0. The van der Waals surface area contributed by atoms with E-state index in [0.717, 1.165) is 36.1 Å². The van der Waals surface area contributed by atoms with Gasteiger partial charge in [0.15, 0.2) is 0 Å². The fourth-order valence-electron chi connectivity index (χ4n) is 4.67. The van der Waals surface area contributed by atoms with E-state index >= 15 is 0 Å². The average Bonchev–Trinajstić information content (AvgIpc) is 3.01. The van der Waals surface area contributed by atoms with Gasteiger partial charge < -0.3 is 14.5 Å². The molecule has 0 saturated carbocycles. The van der Waals surface area contributed by atoms with Crippen molar-refractivity contribution in [2.45, 2.75) is 25.8 Å². The molecule has 1 fully saturated rings. The van der Waals surface area contributed by atoms with Gasteiger partial charge in [-0.3, -0.25) is 9.59 Å². The van der Waals surface area contributed by atoms with Crippen molar-refractivity contribution in [2.75, 3.05) is 26.7 Å². The molecule has 5 heteroatoms. The number of nitrogens with zero attached hydrogens (tertiary/aromatic N) is 2. The molecule has 2 amide bonds. The van der Waals surface area contributed by atoms with Gasteiger partial charge in [-0.2, -0.15) is 0 Å². The Kier molecular flexibility index (Phi) is 6.70. The summed E-state index contributed by atoms with van der Waals surface area (Å²) < 4.78 is 5.32. The van der Waals surface area contributed by atoms with Gasteiger partial charge in [0.05, 0.1) is 7.11 Å². The highest BCUT2D eigenvalue weighted by Crippen LogP contribution is 2.31. The van der Waals surface area contributed by atoms with E-state index < -0.39 is 0 Å². The van der Waals surface area contributed by atoms with Crippen molar-refractivity contribution in [2.24, 2.45) is 11.8 Å². The van der Waals surface area contributed by atoms with Crippen LogP contribution in [0.3, 0.4) is 0 Å². The average molecular weight is 419 g/mol. The lowest BCUT2D eigenvalue weighted by Crippen LogP contribution is -2.44. The number of benzene rings is 2. The number of rotatable bonds is 5. The molecule has 0 bridgehead atoms. The predicted molar refractivity (Wildman–Crippen MR) is 121 cm³/mol. The zero-order valence-corrected chi connectivity index (χ0v) is 18.1. The molecule has 2 aliphatic rings. The zero-order chi connectivity index (χ0) is 21.6. The van der Waals surface area contributed by atoms with Crippen LogP contribution >= 0.6 is 0 Å². The third-order valence-electron chi connectivity index (χ3n) is 6.44. The molecule has 4 rings (SSSR count). The maximum atomic E-state index is 13.4. The van der Waals surface area contributed by atoms with E-state index in [1.165, 1.54) is 0 Å². The lowest BCUT2D eigenvalue weighted by atomic mass is 9.81. The summed E-state index contributed by atoms with van der Waals surface area (Å²) in [4.78, 5) is 30.0. The van der Waals surface area contributed by atoms with Gasteiger partial charge in [0.2, 0.25) is 5.91 Å². The molecule has 0 radical (unpaired) electrons. The molecule has 0 N–H and O–H groups in total. The molecule has 2 aromatic rings. The number of ether oxygens (including phenoxy) is 1. The van der Waals surface area contributed by atoms with Gasteiger partial charge >= 0.3 is 0 Å². The molecule has 1 atom stereocenters. The SMILES string of the molecule is COc1cccc(CN2CC=CCC(C3CCN(C(=O)c4ccccc4)CC3)C2=O)c1. The van der Waals surface area contributed by atoms with Crippen LogP contribution in [0.4, 0.5) is 0 Å². The van der Waals surface area contributed by atoms with Crippen molar-refractivity contribution in [1.29, 1.82) is 0 Å². The smallest absolute Gasteiger partial charge is 0.253 e. The molecule has 2 heterocycles. The second kappa shape index (κ2) is 9.82. The first-order chi connectivity index (χ1) is 15.2. The van der Waals surface area contributed by atoms with Crippen molar-refractivity contribution < 1.29 is 14.3 Å². The maximum Gasteiger partial charge on any atom is 0.253 e. The molecule has 162 valence electrons. The number of piperidine rings is 1. The molecule has 31 heavy (non-hydrogen) atoms. The standard InChI is InChI=1S/C26H30N2O3/c1-31-23-11-7-8-20(18-23)19-28-15-6-5-12-24(26(28)30)21-13-16-27(17-14-21)25(29)22-9-3-2-4-10-22/h2-11,18,21,24H,12-17,19H2,1H3. The van der Waals surface area contributed by atoms with Gasteiger partial charge in [-0.25, -0.2) is 0 Å². The second-order valence-electron chi connectivity index (χ2n) is 8.38. The summed E-state index contributed by atoms with van der Waals surface area (Å²) in [5.74, 6) is 1.41. The van der Waals surface area contributed by atoms with E-state index in [4.69, 9.17) is 4.74 Å². The second-order valence-corrected chi connectivity index (χ2v) is 8.38. The minimum absolute atomic E-state index is 0.0154. The van der Waals surface area contributed by atoms with Crippen molar-refractivity contribution in [3.05, 3.63) is 77.9 Å². The van der Waals surface area contributed by atoms with Crippen molar-refractivity contribution in [3.8, 4) is 5.75 Å². The fraction of sp³-hybridized carbons (Fsp3) is 0.385. The van der Waals surface area contributed by atoms with Crippen molar-refractivity contribution >= 4 is 11.8 Å². The Hall–Kier alpha value is -3.08. The molecule has 1 saturated heterocycles. The first-order valence-corrected chi connectivity index (χ1v) is 11.1. The molecule has 2 aliphatic heterocycles. The van der Waals surface area contributed by atoms with Crippen molar-refractivity contribution in [1.82, 2.24) is 9.80 Å². The third-order valence-corrected chi connectivity index (χ3v) is 6.44. The molecular weight excluding hydrogens is 388 g/mol. The molecule has 0 aliphatic carbocycles. The maximum absolute atomic E-state index is 13.4. The number of hydrogen-bond donors (Lipinski definition) is 0. The monoisotopic (exact) mass is 418 g/mol. The molecule has 0 spiro atoms. The Morgan fingerprint density at radius 3 is 2.55 bits per heavy atom. The Bertz CT molecular complexity index is 933. The van der Waals surface area contributed by atoms with E-state index in [0.29, 0.717) is 32.1 Å². The van der Waals surface area contributed by atoms with E-state index in [9.17, 15) is 9.59 Å². The highest BCUT2D eigenvalue weighted by Gasteiger charge is 2.35. The summed E-state index contributed by atoms with van der Waals surface area (Å²) in [6, 6.07) is 17.4. The first kappa shape index (κ1) is 21.2. The van der Waals surface area contributed by atoms with Gasteiger partial charge in [0.1, 0.15) is 5.75 Å². The van der Waals surface area contributed by atoms with Crippen LogP contribution in [0, 0.1) is 11.8 Å². The number of carbonyl (C=O) groups is 2. The van der Waals surface area contributed by atoms with E-state index in [2.05, 4.69) is 12.2 Å². The molecule has 0 aromatic heterocycles. The lowest BCUT2D eigenvalue weighted by Gasteiger charge is -2.36. The van der Waals surface area contributed by atoms with E-state index in [1.54, 1.807) is 7.11 Å². The Labute approximate surface area is 184 Å². The number of methoxy groups -OCH3 is 1. The highest BCUT2D eigenvalue weighted by atomic mass is 16.5. The molecule has 1 unspecified atom stereocenters. The van der Waals surface area contributed by atoms with Crippen LogP contribution in [0.15, 0.2) is 66.7 Å². The van der Waals surface area contributed by atoms with Crippen LogP contribution in [0.2, 0.25) is 0 Å². The predicted octanol–water partition coefficient (Wildman–Crippen LogP) is 4.15. The van der Waals surface area contributed by atoms with Crippen LogP contribution in [0.25, 0.3) is 0 Å². The number of amides is 2. The fourth-order valence-corrected chi connectivity index (χ4v) is 4.67. The minimum atomic E-state index is -0.0154. The molecular formula is C26H30N2O3. The Morgan fingerprint density at radius 1 is 1.03 bits per heavy atom. The summed E-state index contributed by atoms with van der Waals surface area (Å²) in [7, 11) is 1.66. The Morgan fingerprint density at radius 2 is 1.81 bits per heavy atom.